The Balaban J connectivity index is 0.00000364. The minimum atomic E-state index is -4.43. The van der Waals surface area contributed by atoms with Crippen molar-refractivity contribution in [2.45, 2.75) is 19.5 Å². The molecular formula is C16H22F3IN6S. The molecule has 2 aromatic heterocycles. The highest BCUT2D eigenvalue weighted by atomic mass is 127. The van der Waals surface area contributed by atoms with E-state index < -0.39 is 11.7 Å². The van der Waals surface area contributed by atoms with Crippen LogP contribution in [0.15, 0.2) is 29.5 Å². The van der Waals surface area contributed by atoms with Crippen LogP contribution >= 0.6 is 35.3 Å². The SMILES string of the molecule is CN=C(NCCNc1ncccc1C(F)(F)F)NCCc1ncc(C)s1.I. The Morgan fingerprint density at radius 2 is 1.93 bits per heavy atom. The molecule has 2 rings (SSSR count). The van der Waals surface area contributed by atoms with Gasteiger partial charge >= 0.3 is 6.18 Å². The van der Waals surface area contributed by atoms with Crippen molar-refractivity contribution in [3.05, 3.63) is 40.0 Å². The van der Waals surface area contributed by atoms with Crippen LogP contribution < -0.4 is 16.0 Å². The van der Waals surface area contributed by atoms with Crippen LogP contribution in [0.3, 0.4) is 0 Å². The standard InChI is InChI=1S/C16H21F3N6S.HI/c1-11-10-25-13(26-11)5-7-23-15(20-2)24-9-8-22-14-12(16(17,18)19)4-3-6-21-14;/h3-4,6,10H,5,7-9H2,1-2H3,(H,21,22)(H2,20,23,24);1H. The molecule has 0 atom stereocenters. The van der Waals surface area contributed by atoms with Crippen molar-refractivity contribution < 1.29 is 13.2 Å². The molecule has 0 fully saturated rings. The number of aliphatic imine (C=N–C) groups is 1. The average Bonchev–Trinajstić information content (AvgIpc) is 3.01. The molecule has 27 heavy (non-hydrogen) atoms. The fourth-order valence-electron chi connectivity index (χ4n) is 2.16. The van der Waals surface area contributed by atoms with E-state index in [1.54, 1.807) is 18.4 Å². The third-order valence-corrected chi connectivity index (χ3v) is 4.32. The zero-order valence-electron chi connectivity index (χ0n) is 14.9. The number of aryl methyl sites for hydroxylation is 1. The summed E-state index contributed by atoms with van der Waals surface area (Å²) in [5.41, 5.74) is -0.777. The van der Waals surface area contributed by atoms with E-state index >= 15 is 0 Å². The number of hydrogen-bond acceptors (Lipinski definition) is 5. The third-order valence-electron chi connectivity index (χ3n) is 3.35. The van der Waals surface area contributed by atoms with Gasteiger partial charge in [0.2, 0.25) is 0 Å². The Kier molecular flexibility index (Phi) is 9.77. The van der Waals surface area contributed by atoms with E-state index in [4.69, 9.17) is 0 Å². The maximum Gasteiger partial charge on any atom is 0.419 e. The number of aromatic nitrogens is 2. The molecule has 0 saturated heterocycles. The lowest BCUT2D eigenvalue weighted by molar-refractivity contribution is -0.137. The Morgan fingerprint density at radius 3 is 2.56 bits per heavy atom. The molecule has 11 heteroatoms. The van der Waals surface area contributed by atoms with Gasteiger partial charge in [0.1, 0.15) is 5.82 Å². The van der Waals surface area contributed by atoms with E-state index in [9.17, 15) is 13.2 Å². The predicted octanol–water partition coefficient (Wildman–Crippen LogP) is 3.30. The molecule has 0 aromatic carbocycles. The van der Waals surface area contributed by atoms with Crippen molar-refractivity contribution in [2.75, 3.05) is 32.0 Å². The number of alkyl halides is 3. The average molecular weight is 514 g/mol. The number of guanidine groups is 1. The molecule has 2 heterocycles. The molecular weight excluding hydrogens is 492 g/mol. The highest BCUT2D eigenvalue weighted by Gasteiger charge is 2.33. The Bertz CT molecular complexity index is 735. The summed E-state index contributed by atoms with van der Waals surface area (Å²) in [5, 5.41) is 9.93. The predicted molar refractivity (Wildman–Crippen MR) is 113 cm³/mol. The Morgan fingerprint density at radius 1 is 1.19 bits per heavy atom. The summed E-state index contributed by atoms with van der Waals surface area (Å²) in [6.45, 7) is 3.34. The van der Waals surface area contributed by atoms with Gasteiger partial charge < -0.3 is 16.0 Å². The molecule has 0 radical (unpaired) electrons. The van der Waals surface area contributed by atoms with Gasteiger partial charge in [0.05, 0.1) is 10.6 Å². The summed E-state index contributed by atoms with van der Waals surface area (Å²) in [6.07, 6.45) is -0.493. The van der Waals surface area contributed by atoms with E-state index in [0.717, 1.165) is 17.5 Å². The lowest BCUT2D eigenvalue weighted by atomic mass is 10.2. The number of halogens is 4. The third kappa shape index (κ3) is 7.87. The van der Waals surface area contributed by atoms with Crippen LogP contribution in [0.4, 0.5) is 19.0 Å². The summed E-state index contributed by atoms with van der Waals surface area (Å²) in [5.74, 6) is 0.404. The minimum absolute atomic E-state index is 0. The van der Waals surface area contributed by atoms with Gasteiger partial charge in [-0.15, -0.1) is 35.3 Å². The van der Waals surface area contributed by atoms with Crippen LogP contribution in [-0.2, 0) is 12.6 Å². The molecule has 150 valence electrons. The summed E-state index contributed by atoms with van der Waals surface area (Å²) in [4.78, 5) is 13.3. The molecule has 0 saturated carbocycles. The van der Waals surface area contributed by atoms with Crippen LogP contribution in [0.25, 0.3) is 0 Å². The lowest BCUT2D eigenvalue weighted by Gasteiger charge is -2.14. The number of anilines is 1. The number of hydrogen-bond donors (Lipinski definition) is 3. The van der Waals surface area contributed by atoms with Crippen molar-refractivity contribution in [2.24, 2.45) is 4.99 Å². The molecule has 0 aliphatic rings. The van der Waals surface area contributed by atoms with Crippen molar-refractivity contribution in [1.29, 1.82) is 0 Å². The number of rotatable bonds is 7. The van der Waals surface area contributed by atoms with Gasteiger partial charge in [-0.3, -0.25) is 4.99 Å². The fourth-order valence-corrected chi connectivity index (χ4v) is 2.95. The summed E-state index contributed by atoms with van der Waals surface area (Å²) in [7, 11) is 1.64. The largest absolute Gasteiger partial charge is 0.419 e. The van der Waals surface area contributed by atoms with Crippen molar-refractivity contribution >= 4 is 47.1 Å². The second-order valence-electron chi connectivity index (χ2n) is 5.36. The maximum atomic E-state index is 12.9. The normalized spacial score (nSPS) is 11.7. The quantitative estimate of drug-likeness (QED) is 0.229. The highest BCUT2D eigenvalue weighted by Crippen LogP contribution is 2.33. The molecule has 3 N–H and O–H groups in total. The van der Waals surface area contributed by atoms with Gasteiger partial charge in [0, 0.05) is 50.4 Å². The molecule has 0 unspecified atom stereocenters. The zero-order valence-corrected chi connectivity index (χ0v) is 18.1. The topological polar surface area (TPSA) is 74.2 Å². The number of thiazole rings is 1. The van der Waals surface area contributed by atoms with Gasteiger partial charge in [-0.1, -0.05) is 0 Å². The van der Waals surface area contributed by atoms with Gasteiger partial charge in [-0.2, -0.15) is 13.2 Å². The van der Waals surface area contributed by atoms with E-state index in [2.05, 4.69) is 30.9 Å². The number of pyridine rings is 1. The first-order chi connectivity index (χ1) is 12.4. The van der Waals surface area contributed by atoms with Gasteiger partial charge in [0.15, 0.2) is 5.96 Å². The van der Waals surface area contributed by atoms with Crippen molar-refractivity contribution in [3.8, 4) is 0 Å². The molecule has 0 aliphatic heterocycles. The van der Waals surface area contributed by atoms with Crippen LogP contribution in [0.1, 0.15) is 15.4 Å². The van der Waals surface area contributed by atoms with Crippen LogP contribution in [-0.4, -0.2) is 42.6 Å². The van der Waals surface area contributed by atoms with E-state index in [0.29, 0.717) is 19.0 Å². The van der Waals surface area contributed by atoms with E-state index in [1.807, 2.05) is 13.1 Å². The fraction of sp³-hybridized carbons (Fsp3) is 0.438. The van der Waals surface area contributed by atoms with Crippen LogP contribution in [0.2, 0.25) is 0 Å². The summed E-state index contributed by atoms with van der Waals surface area (Å²) >= 11 is 1.65. The van der Waals surface area contributed by atoms with E-state index in [-0.39, 0.29) is 36.3 Å². The first-order valence-corrected chi connectivity index (χ1v) is 8.83. The number of nitrogens with one attached hydrogen (secondary N) is 3. The smallest absolute Gasteiger partial charge is 0.368 e. The first kappa shape index (κ1) is 23.4. The van der Waals surface area contributed by atoms with E-state index in [1.165, 1.54) is 17.1 Å². The second-order valence-corrected chi connectivity index (χ2v) is 6.68. The Hall–Kier alpha value is -1.63. The van der Waals surface area contributed by atoms with Crippen LogP contribution in [0.5, 0.6) is 0 Å². The van der Waals surface area contributed by atoms with Crippen molar-refractivity contribution in [1.82, 2.24) is 20.6 Å². The summed E-state index contributed by atoms with van der Waals surface area (Å²) < 4.78 is 38.7. The Labute approximate surface area is 177 Å². The van der Waals surface area contributed by atoms with Gasteiger partial charge in [-0.05, 0) is 19.1 Å². The summed E-state index contributed by atoms with van der Waals surface area (Å²) in [6, 6.07) is 2.27. The molecule has 6 nitrogen and oxygen atoms in total. The molecule has 0 aliphatic carbocycles. The highest BCUT2D eigenvalue weighted by molar-refractivity contribution is 14.0. The number of nitrogens with zero attached hydrogens (tertiary/aromatic N) is 3. The molecule has 2 aromatic rings. The van der Waals surface area contributed by atoms with Gasteiger partial charge in [0.25, 0.3) is 0 Å². The zero-order chi connectivity index (χ0) is 19.0. The first-order valence-electron chi connectivity index (χ1n) is 8.02. The second kappa shape index (κ2) is 11.3. The van der Waals surface area contributed by atoms with Crippen LogP contribution in [0, 0.1) is 6.92 Å². The molecule has 0 spiro atoms. The maximum absolute atomic E-state index is 12.9. The van der Waals surface area contributed by atoms with Crippen molar-refractivity contribution in [3.63, 3.8) is 0 Å². The monoisotopic (exact) mass is 514 g/mol. The molecule has 0 amide bonds. The molecule has 0 bridgehead atoms. The minimum Gasteiger partial charge on any atom is -0.368 e. The lowest BCUT2D eigenvalue weighted by Crippen LogP contribution is -2.40. The van der Waals surface area contributed by atoms with Gasteiger partial charge in [-0.25, -0.2) is 9.97 Å².